The lowest BCUT2D eigenvalue weighted by atomic mass is 10.1. The minimum Gasteiger partial charge on any atom is -0.493 e. The number of fused-ring (bicyclic) bond motifs is 1. The Morgan fingerprint density at radius 3 is 2.44 bits per heavy atom. The Labute approximate surface area is 189 Å². The lowest BCUT2D eigenvalue weighted by Crippen LogP contribution is -2.31. The zero-order chi connectivity index (χ0) is 22.5. The molecule has 0 aliphatic carbocycles. The van der Waals surface area contributed by atoms with Gasteiger partial charge in [-0.3, -0.25) is 19.3 Å². The molecule has 0 atom stereocenters. The number of carbonyl (C=O) groups is 3. The quantitative estimate of drug-likeness (QED) is 0.396. The number of carbonyl (C=O) groups excluding carboxylic acids is 3. The summed E-state index contributed by atoms with van der Waals surface area (Å²) in [7, 11) is 0. The summed E-state index contributed by atoms with van der Waals surface area (Å²) >= 11 is 1.23. The molecule has 0 fully saturated rings. The molecule has 1 N–H and O–H groups in total. The number of benzene rings is 2. The van der Waals surface area contributed by atoms with E-state index >= 15 is 0 Å². The highest BCUT2D eigenvalue weighted by molar-refractivity contribution is 7.15. The molecule has 32 heavy (non-hydrogen) atoms. The van der Waals surface area contributed by atoms with Crippen molar-refractivity contribution in [3.63, 3.8) is 0 Å². The van der Waals surface area contributed by atoms with Crippen LogP contribution < -0.4 is 10.1 Å². The minimum atomic E-state index is -0.295. The smallest absolute Gasteiger partial charge is 0.261 e. The van der Waals surface area contributed by atoms with E-state index in [1.807, 2.05) is 31.2 Å². The summed E-state index contributed by atoms with van der Waals surface area (Å²) in [5.41, 5.74) is 1.91. The van der Waals surface area contributed by atoms with E-state index in [1.54, 1.807) is 24.3 Å². The van der Waals surface area contributed by atoms with Gasteiger partial charge in [-0.25, -0.2) is 0 Å². The Balaban J connectivity index is 1.21. The van der Waals surface area contributed by atoms with Gasteiger partial charge in [0.2, 0.25) is 11.0 Å². The predicted molar refractivity (Wildman–Crippen MR) is 120 cm³/mol. The van der Waals surface area contributed by atoms with Crippen LogP contribution in [0.25, 0.3) is 0 Å². The van der Waals surface area contributed by atoms with Gasteiger partial charge in [0.1, 0.15) is 10.8 Å². The van der Waals surface area contributed by atoms with E-state index in [1.165, 1.54) is 16.2 Å². The highest BCUT2D eigenvalue weighted by atomic mass is 32.1. The molecule has 3 amide bonds. The van der Waals surface area contributed by atoms with Crippen molar-refractivity contribution in [1.29, 1.82) is 0 Å². The number of imide groups is 1. The first-order valence-corrected chi connectivity index (χ1v) is 11.1. The van der Waals surface area contributed by atoms with Crippen LogP contribution >= 0.6 is 11.3 Å². The molecule has 0 spiro atoms. The zero-order valence-electron chi connectivity index (χ0n) is 17.5. The maximum atomic E-state index is 12.4. The van der Waals surface area contributed by atoms with Gasteiger partial charge in [-0.15, -0.1) is 10.2 Å². The van der Waals surface area contributed by atoms with Crippen molar-refractivity contribution in [3.8, 4) is 5.75 Å². The Hall–Kier alpha value is -3.59. The maximum absolute atomic E-state index is 12.4. The van der Waals surface area contributed by atoms with Crippen LogP contribution in [0.5, 0.6) is 5.75 Å². The molecule has 1 aliphatic rings. The normalized spacial score (nSPS) is 12.7. The molecule has 0 unspecified atom stereocenters. The van der Waals surface area contributed by atoms with Gasteiger partial charge in [-0.05, 0) is 37.1 Å². The molecule has 1 aliphatic heterocycles. The van der Waals surface area contributed by atoms with Gasteiger partial charge in [-0.1, -0.05) is 41.7 Å². The molecule has 4 rings (SSSR count). The van der Waals surface area contributed by atoms with Crippen molar-refractivity contribution in [2.75, 3.05) is 18.5 Å². The Bertz CT molecular complexity index is 1130. The van der Waals surface area contributed by atoms with Gasteiger partial charge in [-0.2, -0.15) is 0 Å². The Kier molecular flexibility index (Phi) is 6.55. The molecule has 0 bridgehead atoms. The highest BCUT2D eigenvalue weighted by Crippen LogP contribution is 2.23. The fourth-order valence-electron chi connectivity index (χ4n) is 3.37. The number of nitrogens with zero attached hydrogens (tertiary/aromatic N) is 3. The van der Waals surface area contributed by atoms with E-state index in [4.69, 9.17) is 4.74 Å². The minimum absolute atomic E-state index is 0.165. The summed E-state index contributed by atoms with van der Waals surface area (Å²) in [6, 6.07) is 14.5. The predicted octanol–water partition coefficient (Wildman–Crippen LogP) is 3.48. The van der Waals surface area contributed by atoms with Crippen LogP contribution in [0.15, 0.2) is 48.5 Å². The fraction of sp³-hybridized carbons (Fsp3) is 0.261. The van der Waals surface area contributed by atoms with Crippen LogP contribution in [0, 0.1) is 6.92 Å². The van der Waals surface area contributed by atoms with Gasteiger partial charge in [0.25, 0.3) is 11.8 Å². The van der Waals surface area contributed by atoms with Crippen molar-refractivity contribution in [2.24, 2.45) is 0 Å². The number of aromatic nitrogens is 2. The molecule has 9 heteroatoms. The molecule has 3 aromatic rings. The molecular weight excluding hydrogens is 428 g/mol. The molecule has 2 heterocycles. The lowest BCUT2D eigenvalue weighted by Gasteiger charge is -2.12. The van der Waals surface area contributed by atoms with Crippen LogP contribution in [0.1, 0.15) is 44.1 Å². The topological polar surface area (TPSA) is 101 Å². The van der Waals surface area contributed by atoms with Gasteiger partial charge < -0.3 is 10.1 Å². The SMILES string of the molecule is Cc1ccccc1OCCCC(=O)Nc1nnc(CCN2C(=O)c3ccccc3C2=O)s1. The van der Waals surface area contributed by atoms with E-state index in [2.05, 4.69) is 15.5 Å². The second kappa shape index (κ2) is 9.69. The Morgan fingerprint density at radius 2 is 1.72 bits per heavy atom. The third-order valence-corrected chi connectivity index (χ3v) is 5.94. The number of hydrogen-bond acceptors (Lipinski definition) is 7. The number of aryl methyl sites for hydroxylation is 1. The first-order chi connectivity index (χ1) is 15.5. The van der Waals surface area contributed by atoms with Gasteiger partial charge >= 0.3 is 0 Å². The molecule has 2 aromatic carbocycles. The third kappa shape index (κ3) is 4.83. The van der Waals surface area contributed by atoms with Gasteiger partial charge in [0.15, 0.2) is 0 Å². The first-order valence-electron chi connectivity index (χ1n) is 10.3. The van der Waals surface area contributed by atoms with Crippen molar-refractivity contribution in [3.05, 3.63) is 70.2 Å². The summed E-state index contributed by atoms with van der Waals surface area (Å²) < 4.78 is 5.70. The average Bonchev–Trinajstić information content (AvgIpc) is 3.33. The van der Waals surface area contributed by atoms with E-state index in [0.717, 1.165) is 11.3 Å². The number of amides is 3. The number of nitrogens with one attached hydrogen (secondary N) is 1. The first kappa shape index (κ1) is 21.6. The molecule has 0 radical (unpaired) electrons. The van der Waals surface area contributed by atoms with E-state index in [9.17, 15) is 14.4 Å². The number of anilines is 1. The van der Waals surface area contributed by atoms with Crippen molar-refractivity contribution in [2.45, 2.75) is 26.2 Å². The molecule has 8 nitrogen and oxygen atoms in total. The number of ether oxygens (including phenoxy) is 1. The summed E-state index contributed by atoms with van der Waals surface area (Å²) in [4.78, 5) is 38.2. The van der Waals surface area contributed by atoms with E-state index < -0.39 is 0 Å². The van der Waals surface area contributed by atoms with Crippen LogP contribution in [-0.2, 0) is 11.2 Å². The number of hydrogen-bond donors (Lipinski definition) is 1. The standard InChI is InChI=1S/C23H22N4O4S/c1-15-7-2-5-10-18(15)31-14-6-11-19(28)24-23-26-25-20(32-23)12-13-27-21(29)16-8-3-4-9-17(16)22(27)30/h2-5,7-10H,6,11-14H2,1H3,(H,24,26,28). The molecule has 0 saturated carbocycles. The second-order valence-corrected chi connectivity index (χ2v) is 8.39. The fourth-order valence-corrected chi connectivity index (χ4v) is 4.11. The van der Waals surface area contributed by atoms with Crippen LogP contribution in [0.4, 0.5) is 5.13 Å². The number of rotatable bonds is 9. The number of para-hydroxylation sites is 1. The summed E-state index contributed by atoms with van der Waals surface area (Å²) in [6.07, 6.45) is 1.25. The lowest BCUT2D eigenvalue weighted by molar-refractivity contribution is -0.116. The second-order valence-electron chi connectivity index (χ2n) is 7.32. The van der Waals surface area contributed by atoms with Crippen molar-refractivity contribution >= 4 is 34.2 Å². The van der Waals surface area contributed by atoms with Crippen molar-refractivity contribution < 1.29 is 19.1 Å². The Morgan fingerprint density at radius 1 is 1.03 bits per heavy atom. The maximum Gasteiger partial charge on any atom is 0.261 e. The van der Waals surface area contributed by atoms with Crippen LogP contribution in [0.3, 0.4) is 0 Å². The van der Waals surface area contributed by atoms with Gasteiger partial charge in [0, 0.05) is 19.4 Å². The molecular formula is C23H22N4O4S. The van der Waals surface area contributed by atoms with E-state index in [-0.39, 0.29) is 24.3 Å². The zero-order valence-corrected chi connectivity index (χ0v) is 18.4. The molecule has 164 valence electrons. The van der Waals surface area contributed by atoms with E-state index in [0.29, 0.717) is 47.1 Å². The van der Waals surface area contributed by atoms with Gasteiger partial charge in [0.05, 0.1) is 17.7 Å². The molecule has 0 saturated heterocycles. The van der Waals surface area contributed by atoms with Crippen molar-refractivity contribution in [1.82, 2.24) is 15.1 Å². The summed E-state index contributed by atoms with van der Waals surface area (Å²) in [5.74, 6) is 0.0641. The monoisotopic (exact) mass is 450 g/mol. The average molecular weight is 451 g/mol. The summed E-state index contributed by atoms with van der Waals surface area (Å²) in [5, 5.41) is 11.8. The highest BCUT2D eigenvalue weighted by Gasteiger charge is 2.34. The third-order valence-electron chi connectivity index (χ3n) is 5.04. The summed E-state index contributed by atoms with van der Waals surface area (Å²) in [6.45, 7) is 2.63. The largest absolute Gasteiger partial charge is 0.493 e. The van der Waals surface area contributed by atoms with Crippen LogP contribution in [0.2, 0.25) is 0 Å². The molecule has 1 aromatic heterocycles. The van der Waals surface area contributed by atoms with Crippen LogP contribution in [-0.4, -0.2) is 46.0 Å².